The average Bonchev–Trinajstić information content (AvgIpc) is 3.09. The van der Waals surface area contributed by atoms with Crippen molar-refractivity contribution in [3.05, 3.63) is 29.8 Å². The van der Waals surface area contributed by atoms with Gasteiger partial charge in [-0.15, -0.1) is 0 Å². The van der Waals surface area contributed by atoms with Crippen LogP contribution in [0, 0.1) is 6.92 Å². The molecule has 0 atom stereocenters. The van der Waals surface area contributed by atoms with Crippen molar-refractivity contribution in [1.82, 2.24) is 19.8 Å². The number of hydrogen-bond donors (Lipinski definition) is 1. The lowest BCUT2D eigenvalue weighted by atomic mass is 10.1. The predicted molar refractivity (Wildman–Crippen MR) is 81.6 cm³/mol. The molecule has 3 rings (SSSR count). The van der Waals surface area contributed by atoms with Gasteiger partial charge in [0.2, 0.25) is 5.91 Å². The van der Waals surface area contributed by atoms with E-state index < -0.39 is 0 Å². The summed E-state index contributed by atoms with van der Waals surface area (Å²) in [5.41, 5.74) is 0.777. The number of anilines is 1. The van der Waals surface area contributed by atoms with Gasteiger partial charge in [-0.1, -0.05) is 5.16 Å². The summed E-state index contributed by atoms with van der Waals surface area (Å²) in [5.74, 6) is 1.20. The molecule has 3 heterocycles. The highest BCUT2D eigenvalue weighted by molar-refractivity contribution is 5.91. The molecule has 7 heteroatoms. The van der Waals surface area contributed by atoms with Gasteiger partial charge in [-0.25, -0.2) is 4.68 Å². The summed E-state index contributed by atoms with van der Waals surface area (Å²) in [6.45, 7) is 3.94. The van der Waals surface area contributed by atoms with Gasteiger partial charge in [0.05, 0.1) is 24.4 Å². The molecule has 1 aliphatic rings. The molecule has 0 aromatic carbocycles. The van der Waals surface area contributed by atoms with Crippen molar-refractivity contribution in [2.45, 2.75) is 32.2 Å². The van der Waals surface area contributed by atoms with E-state index in [2.05, 4.69) is 27.5 Å². The summed E-state index contributed by atoms with van der Waals surface area (Å²) in [4.78, 5) is 14.4. The molecule has 0 radical (unpaired) electrons. The van der Waals surface area contributed by atoms with E-state index in [1.54, 1.807) is 12.3 Å². The van der Waals surface area contributed by atoms with E-state index in [0.29, 0.717) is 11.8 Å². The Bertz CT molecular complexity index is 640. The number of likely N-dealkylation sites (tertiary alicyclic amines) is 1. The summed E-state index contributed by atoms with van der Waals surface area (Å²) >= 11 is 0. The number of nitrogens with zero attached hydrogens (tertiary/aromatic N) is 4. The van der Waals surface area contributed by atoms with Gasteiger partial charge in [-0.2, -0.15) is 5.10 Å². The number of amides is 1. The summed E-state index contributed by atoms with van der Waals surface area (Å²) in [6, 6.07) is 3.95. The summed E-state index contributed by atoms with van der Waals surface area (Å²) in [5, 5.41) is 11.1. The smallest absolute Gasteiger partial charge is 0.233 e. The van der Waals surface area contributed by atoms with Crippen molar-refractivity contribution < 1.29 is 9.32 Å². The Kier molecular flexibility index (Phi) is 4.24. The van der Waals surface area contributed by atoms with E-state index in [-0.39, 0.29) is 12.3 Å². The minimum Gasteiger partial charge on any atom is -0.361 e. The highest BCUT2D eigenvalue weighted by atomic mass is 16.5. The third kappa shape index (κ3) is 3.36. The SMILES string of the molecule is Cc1cc(CC(=O)Nc2ccnn2C2CCN(C)CC2)on1. The van der Waals surface area contributed by atoms with Crippen LogP contribution in [0.5, 0.6) is 0 Å². The van der Waals surface area contributed by atoms with Crippen molar-refractivity contribution in [1.29, 1.82) is 0 Å². The minimum absolute atomic E-state index is 0.120. The van der Waals surface area contributed by atoms with Crippen LogP contribution in [0.2, 0.25) is 0 Å². The van der Waals surface area contributed by atoms with Gasteiger partial charge in [-0.3, -0.25) is 4.79 Å². The third-order valence-electron chi connectivity index (χ3n) is 3.98. The Labute approximate surface area is 129 Å². The lowest BCUT2D eigenvalue weighted by Crippen LogP contribution is -2.32. The molecule has 118 valence electrons. The van der Waals surface area contributed by atoms with Crippen LogP contribution >= 0.6 is 0 Å². The second-order valence-electron chi connectivity index (χ2n) is 5.86. The first-order valence-corrected chi connectivity index (χ1v) is 7.56. The maximum absolute atomic E-state index is 12.1. The molecule has 1 saturated heterocycles. The van der Waals surface area contributed by atoms with Crippen molar-refractivity contribution in [2.24, 2.45) is 0 Å². The topological polar surface area (TPSA) is 76.2 Å². The molecule has 1 fully saturated rings. The van der Waals surface area contributed by atoms with E-state index in [9.17, 15) is 4.79 Å². The summed E-state index contributed by atoms with van der Waals surface area (Å²) in [7, 11) is 2.13. The quantitative estimate of drug-likeness (QED) is 0.929. The normalized spacial score (nSPS) is 16.8. The number of aryl methyl sites for hydroxylation is 1. The number of carbonyl (C=O) groups excluding carboxylic acids is 1. The molecule has 1 aliphatic heterocycles. The molecule has 2 aromatic rings. The van der Waals surface area contributed by atoms with Crippen LogP contribution in [0.4, 0.5) is 5.82 Å². The molecule has 0 bridgehead atoms. The van der Waals surface area contributed by atoms with E-state index in [0.717, 1.165) is 37.4 Å². The zero-order valence-electron chi connectivity index (χ0n) is 13.0. The first-order chi connectivity index (χ1) is 10.6. The fourth-order valence-corrected chi connectivity index (χ4v) is 2.79. The molecule has 0 saturated carbocycles. The van der Waals surface area contributed by atoms with Crippen LogP contribution in [-0.4, -0.2) is 45.9 Å². The van der Waals surface area contributed by atoms with Gasteiger partial charge in [0.25, 0.3) is 0 Å². The Balaban J connectivity index is 1.63. The Morgan fingerprint density at radius 3 is 2.91 bits per heavy atom. The summed E-state index contributed by atoms with van der Waals surface area (Å²) in [6.07, 6.45) is 4.00. The molecule has 1 amide bonds. The van der Waals surface area contributed by atoms with Gasteiger partial charge in [0, 0.05) is 12.1 Å². The van der Waals surface area contributed by atoms with Gasteiger partial charge >= 0.3 is 0 Å². The van der Waals surface area contributed by atoms with Crippen LogP contribution in [-0.2, 0) is 11.2 Å². The maximum Gasteiger partial charge on any atom is 0.233 e. The molecule has 7 nitrogen and oxygen atoms in total. The van der Waals surface area contributed by atoms with E-state index in [1.807, 2.05) is 17.7 Å². The van der Waals surface area contributed by atoms with Crippen LogP contribution in [0.25, 0.3) is 0 Å². The van der Waals surface area contributed by atoms with E-state index in [4.69, 9.17) is 4.52 Å². The number of piperidine rings is 1. The highest BCUT2D eigenvalue weighted by Gasteiger charge is 2.21. The van der Waals surface area contributed by atoms with Crippen LogP contribution in [0.1, 0.15) is 30.3 Å². The fourth-order valence-electron chi connectivity index (χ4n) is 2.79. The average molecular weight is 303 g/mol. The second kappa shape index (κ2) is 6.31. The Hall–Kier alpha value is -2.15. The molecule has 0 unspecified atom stereocenters. The van der Waals surface area contributed by atoms with Gasteiger partial charge in [-0.05, 0) is 39.9 Å². The fraction of sp³-hybridized carbons (Fsp3) is 0.533. The van der Waals surface area contributed by atoms with Crippen LogP contribution in [0.15, 0.2) is 22.9 Å². The molecule has 0 aliphatic carbocycles. The number of rotatable bonds is 4. The third-order valence-corrected chi connectivity index (χ3v) is 3.98. The predicted octanol–water partition coefficient (Wildman–Crippen LogP) is 1.63. The Morgan fingerprint density at radius 2 is 2.23 bits per heavy atom. The molecule has 0 spiro atoms. The molecule has 2 aromatic heterocycles. The van der Waals surface area contributed by atoms with Crippen LogP contribution < -0.4 is 5.32 Å². The largest absolute Gasteiger partial charge is 0.361 e. The van der Waals surface area contributed by atoms with Crippen molar-refractivity contribution in [3.63, 3.8) is 0 Å². The zero-order chi connectivity index (χ0) is 15.5. The number of nitrogens with one attached hydrogen (secondary N) is 1. The zero-order valence-corrected chi connectivity index (χ0v) is 13.0. The first-order valence-electron chi connectivity index (χ1n) is 7.56. The highest BCUT2D eigenvalue weighted by Crippen LogP contribution is 2.24. The number of carbonyl (C=O) groups is 1. The lowest BCUT2D eigenvalue weighted by molar-refractivity contribution is -0.115. The molecule has 22 heavy (non-hydrogen) atoms. The monoisotopic (exact) mass is 303 g/mol. The van der Waals surface area contributed by atoms with E-state index >= 15 is 0 Å². The van der Waals surface area contributed by atoms with Crippen molar-refractivity contribution in [2.75, 3.05) is 25.5 Å². The van der Waals surface area contributed by atoms with Gasteiger partial charge in [0.1, 0.15) is 11.6 Å². The minimum atomic E-state index is -0.120. The lowest BCUT2D eigenvalue weighted by Gasteiger charge is -2.29. The maximum atomic E-state index is 12.1. The van der Waals surface area contributed by atoms with Crippen LogP contribution in [0.3, 0.4) is 0 Å². The molecular weight excluding hydrogens is 282 g/mol. The number of aromatic nitrogens is 3. The van der Waals surface area contributed by atoms with Gasteiger partial charge in [0.15, 0.2) is 0 Å². The van der Waals surface area contributed by atoms with E-state index in [1.165, 1.54) is 0 Å². The first kappa shape index (κ1) is 14.8. The molecular formula is C15H21N5O2. The van der Waals surface area contributed by atoms with Crippen molar-refractivity contribution >= 4 is 11.7 Å². The Morgan fingerprint density at radius 1 is 1.45 bits per heavy atom. The second-order valence-corrected chi connectivity index (χ2v) is 5.86. The van der Waals surface area contributed by atoms with Gasteiger partial charge < -0.3 is 14.7 Å². The van der Waals surface area contributed by atoms with Crippen molar-refractivity contribution in [3.8, 4) is 0 Å². The standard InChI is InChI=1S/C15H21N5O2/c1-11-9-13(22-18-11)10-15(21)17-14-3-6-16-20(14)12-4-7-19(2)8-5-12/h3,6,9,12H,4-5,7-8,10H2,1-2H3,(H,17,21). The molecule has 1 N–H and O–H groups in total. The summed E-state index contributed by atoms with van der Waals surface area (Å²) < 4.78 is 7.00. The number of hydrogen-bond acceptors (Lipinski definition) is 5.